The summed E-state index contributed by atoms with van der Waals surface area (Å²) in [6, 6.07) is 18.7. The molecule has 0 saturated carbocycles. The third kappa shape index (κ3) is 4.78. The number of anilines is 2. The SMILES string of the molecule is Cc1ccc(Oc2ccc(NC(=O)[C@@H]3CC(=O)N(c4ccc(C)c(Cl)c4)C3)cc2)cc1C. The molecule has 0 aliphatic carbocycles. The van der Waals surface area contributed by atoms with Crippen molar-refractivity contribution >= 4 is 34.8 Å². The molecule has 1 aliphatic rings. The van der Waals surface area contributed by atoms with Crippen LogP contribution in [0.1, 0.15) is 23.1 Å². The normalized spacial score (nSPS) is 15.7. The highest BCUT2D eigenvalue weighted by atomic mass is 35.5. The van der Waals surface area contributed by atoms with Gasteiger partial charge in [-0.25, -0.2) is 0 Å². The molecule has 3 aromatic carbocycles. The molecule has 1 fully saturated rings. The molecule has 2 amide bonds. The monoisotopic (exact) mass is 448 g/mol. The maximum absolute atomic E-state index is 12.8. The van der Waals surface area contributed by atoms with Crippen LogP contribution in [0.3, 0.4) is 0 Å². The van der Waals surface area contributed by atoms with Gasteiger partial charge < -0.3 is 15.0 Å². The van der Waals surface area contributed by atoms with Gasteiger partial charge in [-0.1, -0.05) is 23.7 Å². The van der Waals surface area contributed by atoms with E-state index in [0.717, 1.165) is 11.3 Å². The van der Waals surface area contributed by atoms with Gasteiger partial charge in [0.15, 0.2) is 0 Å². The van der Waals surface area contributed by atoms with Gasteiger partial charge in [-0.3, -0.25) is 9.59 Å². The van der Waals surface area contributed by atoms with Crippen molar-refractivity contribution < 1.29 is 14.3 Å². The smallest absolute Gasteiger partial charge is 0.229 e. The lowest BCUT2D eigenvalue weighted by molar-refractivity contribution is -0.122. The van der Waals surface area contributed by atoms with E-state index in [4.69, 9.17) is 16.3 Å². The molecule has 5 nitrogen and oxygen atoms in total. The van der Waals surface area contributed by atoms with Crippen LogP contribution in [-0.4, -0.2) is 18.4 Å². The number of nitrogens with one attached hydrogen (secondary N) is 1. The van der Waals surface area contributed by atoms with Crippen LogP contribution in [0.5, 0.6) is 11.5 Å². The minimum absolute atomic E-state index is 0.0813. The van der Waals surface area contributed by atoms with Crippen LogP contribution in [0.25, 0.3) is 0 Å². The maximum atomic E-state index is 12.8. The Hall–Kier alpha value is -3.31. The molecule has 1 atom stereocenters. The van der Waals surface area contributed by atoms with Crippen LogP contribution in [0.2, 0.25) is 5.02 Å². The second-order valence-corrected chi connectivity index (χ2v) is 8.61. The van der Waals surface area contributed by atoms with E-state index in [9.17, 15) is 9.59 Å². The third-order valence-corrected chi connectivity index (χ3v) is 6.21. The van der Waals surface area contributed by atoms with Gasteiger partial charge in [0.25, 0.3) is 0 Å². The summed E-state index contributed by atoms with van der Waals surface area (Å²) in [5, 5.41) is 3.51. The van der Waals surface area contributed by atoms with E-state index in [1.165, 1.54) is 11.1 Å². The first-order valence-corrected chi connectivity index (χ1v) is 10.9. The number of aryl methyl sites for hydroxylation is 3. The lowest BCUT2D eigenvalue weighted by Gasteiger charge is -2.17. The summed E-state index contributed by atoms with van der Waals surface area (Å²) < 4.78 is 5.89. The Morgan fingerprint density at radius 2 is 1.62 bits per heavy atom. The van der Waals surface area contributed by atoms with Crippen LogP contribution in [-0.2, 0) is 9.59 Å². The molecule has 1 heterocycles. The highest BCUT2D eigenvalue weighted by molar-refractivity contribution is 6.31. The number of benzene rings is 3. The van der Waals surface area contributed by atoms with Crippen molar-refractivity contribution in [2.24, 2.45) is 5.92 Å². The lowest BCUT2D eigenvalue weighted by Crippen LogP contribution is -2.28. The van der Waals surface area contributed by atoms with Gasteiger partial charge in [0, 0.05) is 29.4 Å². The topological polar surface area (TPSA) is 58.6 Å². The van der Waals surface area contributed by atoms with E-state index < -0.39 is 5.92 Å². The average molecular weight is 449 g/mol. The molecule has 4 rings (SSSR count). The van der Waals surface area contributed by atoms with Crippen molar-refractivity contribution in [2.45, 2.75) is 27.2 Å². The van der Waals surface area contributed by atoms with Crippen molar-refractivity contribution in [3.8, 4) is 11.5 Å². The molecule has 0 unspecified atom stereocenters. The standard InChI is InChI=1S/C26H25ClN2O3/c1-16-5-9-23(12-18(16)3)32-22-10-6-20(7-11-22)28-26(31)19-13-25(30)29(15-19)21-8-4-17(2)24(27)14-21/h4-12,14,19H,13,15H2,1-3H3,(H,28,31)/t19-/m1/s1. The van der Waals surface area contributed by atoms with E-state index in [-0.39, 0.29) is 18.2 Å². The molecule has 0 radical (unpaired) electrons. The first-order chi connectivity index (χ1) is 15.3. The molecule has 1 saturated heterocycles. The molecular formula is C26H25ClN2O3. The molecule has 0 bridgehead atoms. The van der Waals surface area contributed by atoms with Gasteiger partial charge >= 0.3 is 0 Å². The molecule has 6 heteroatoms. The fourth-order valence-electron chi connectivity index (χ4n) is 3.65. The molecule has 0 aromatic heterocycles. The van der Waals surface area contributed by atoms with Crippen LogP contribution < -0.4 is 15.0 Å². The number of carbonyl (C=O) groups excluding carboxylic acids is 2. The average Bonchev–Trinajstić information content (AvgIpc) is 3.16. The van der Waals surface area contributed by atoms with Crippen molar-refractivity contribution in [3.63, 3.8) is 0 Å². The summed E-state index contributed by atoms with van der Waals surface area (Å²) in [7, 11) is 0. The number of halogens is 1. The number of hydrogen-bond acceptors (Lipinski definition) is 3. The Morgan fingerprint density at radius 3 is 2.31 bits per heavy atom. The summed E-state index contributed by atoms with van der Waals surface area (Å²) in [5.41, 5.74) is 4.70. The molecular weight excluding hydrogens is 424 g/mol. The maximum Gasteiger partial charge on any atom is 0.229 e. The summed E-state index contributed by atoms with van der Waals surface area (Å²) in [5.74, 6) is 0.772. The van der Waals surface area contributed by atoms with E-state index in [2.05, 4.69) is 12.2 Å². The van der Waals surface area contributed by atoms with Crippen LogP contribution in [0.15, 0.2) is 60.7 Å². The molecule has 1 N–H and O–H groups in total. The van der Waals surface area contributed by atoms with E-state index in [1.807, 2.05) is 56.3 Å². The van der Waals surface area contributed by atoms with Crippen LogP contribution in [0, 0.1) is 26.7 Å². The number of carbonyl (C=O) groups is 2. The Balaban J connectivity index is 1.38. The molecule has 164 valence electrons. The quantitative estimate of drug-likeness (QED) is 0.517. The van der Waals surface area contributed by atoms with Crippen molar-refractivity contribution in [1.29, 1.82) is 0 Å². The van der Waals surface area contributed by atoms with Crippen LogP contribution in [0.4, 0.5) is 11.4 Å². The summed E-state index contributed by atoms with van der Waals surface area (Å²) in [6.45, 7) is 6.34. The number of nitrogens with zero attached hydrogens (tertiary/aromatic N) is 1. The predicted molar refractivity (Wildman–Crippen MR) is 128 cm³/mol. The van der Waals surface area contributed by atoms with Gasteiger partial charge in [0.2, 0.25) is 11.8 Å². The molecule has 32 heavy (non-hydrogen) atoms. The number of hydrogen-bond donors (Lipinski definition) is 1. The fraction of sp³-hybridized carbons (Fsp3) is 0.231. The Bertz CT molecular complexity index is 1170. The van der Waals surface area contributed by atoms with E-state index >= 15 is 0 Å². The largest absolute Gasteiger partial charge is 0.457 e. The Labute approximate surface area is 193 Å². The van der Waals surface area contributed by atoms with E-state index in [0.29, 0.717) is 28.7 Å². The van der Waals surface area contributed by atoms with Crippen LogP contribution >= 0.6 is 11.6 Å². The number of amides is 2. The zero-order valence-corrected chi connectivity index (χ0v) is 19.1. The zero-order chi connectivity index (χ0) is 22.8. The van der Waals surface area contributed by atoms with Crippen molar-refractivity contribution in [3.05, 3.63) is 82.4 Å². The van der Waals surface area contributed by atoms with Gasteiger partial charge in [0.05, 0.1) is 5.92 Å². The zero-order valence-electron chi connectivity index (χ0n) is 18.3. The Morgan fingerprint density at radius 1 is 0.938 bits per heavy atom. The number of ether oxygens (including phenoxy) is 1. The fourth-order valence-corrected chi connectivity index (χ4v) is 3.82. The highest BCUT2D eigenvalue weighted by Crippen LogP contribution is 2.30. The van der Waals surface area contributed by atoms with Gasteiger partial charge in [-0.15, -0.1) is 0 Å². The first-order valence-electron chi connectivity index (χ1n) is 10.5. The van der Waals surface area contributed by atoms with Crippen molar-refractivity contribution in [2.75, 3.05) is 16.8 Å². The van der Waals surface area contributed by atoms with Gasteiger partial charge in [0.1, 0.15) is 11.5 Å². The molecule has 3 aromatic rings. The summed E-state index contributed by atoms with van der Waals surface area (Å²) >= 11 is 6.20. The number of rotatable bonds is 5. The van der Waals surface area contributed by atoms with Gasteiger partial charge in [-0.05, 0) is 86.0 Å². The van der Waals surface area contributed by atoms with E-state index in [1.54, 1.807) is 23.1 Å². The molecule has 0 spiro atoms. The highest BCUT2D eigenvalue weighted by Gasteiger charge is 2.35. The second-order valence-electron chi connectivity index (χ2n) is 8.20. The third-order valence-electron chi connectivity index (χ3n) is 5.80. The minimum Gasteiger partial charge on any atom is -0.457 e. The second kappa shape index (κ2) is 9.05. The summed E-state index contributed by atoms with van der Waals surface area (Å²) in [4.78, 5) is 26.9. The first kappa shape index (κ1) is 21.9. The Kier molecular flexibility index (Phi) is 6.19. The lowest BCUT2D eigenvalue weighted by atomic mass is 10.1. The summed E-state index contributed by atoms with van der Waals surface area (Å²) in [6.07, 6.45) is 0.172. The minimum atomic E-state index is -0.422. The molecule has 1 aliphatic heterocycles. The van der Waals surface area contributed by atoms with Gasteiger partial charge in [-0.2, -0.15) is 0 Å². The predicted octanol–water partition coefficient (Wildman–Crippen LogP) is 6.05. The van der Waals surface area contributed by atoms with Crippen molar-refractivity contribution in [1.82, 2.24) is 0 Å².